The van der Waals surface area contributed by atoms with Gasteiger partial charge >= 0.3 is 5.97 Å². The van der Waals surface area contributed by atoms with Gasteiger partial charge in [-0.1, -0.05) is 6.07 Å². The molecule has 1 aromatic carbocycles. The van der Waals surface area contributed by atoms with Gasteiger partial charge in [0, 0.05) is 0 Å². The van der Waals surface area contributed by atoms with Crippen LogP contribution in [0.3, 0.4) is 0 Å². The average molecular weight is 191 g/mol. The average Bonchev–Trinajstić information content (AvgIpc) is 2.27. The second-order valence-electron chi connectivity index (χ2n) is 2.63. The normalized spacial score (nSPS) is 9.21. The first-order valence-corrected chi connectivity index (χ1v) is 3.95. The number of methoxy groups -OCH3 is 1. The summed E-state index contributed by atoms with van der Waals surface area (Å²) >= 11 is 0. The Labute approximate surface area is 81.4 Å². The summed E-state index contributed by atoms with van der Waals surface area (Å²) in [7, 11) is 1.25. The van der Waals surface area contributed by atoms with E-state index in [0.717, 1.165) is 0 Å². The first-order chi connectivity index (χ1) is 6.72. The van der Waals surface area contributed by atoms with E-state index in [1.165, 1.54) is 25.3 Å². The Morgan fingerprint density at radius 3 is 2.86 bits per heavy atom. The summed E-state index contributed by atoms with van der Waals surface area (Å²) in [4.78, 5) is 11.2. The Morgan fingerprint density at radius 1 is 1.64 bits per heavy atom. The third-order valence-corrected chi connectivity index (χ3v) is 1.81. The summed E-state index contributed by atoms with van der Waals surface area (Å²) < 4.78 is 4.52. The van der Waals surface area contributed by atoms with Crippen molar-refractivity contribution in [2.75, 3.05) is 7.11 Å². The first-order valence-electron chi connectivity index (χ1n) is 3.95. The lowest BCUT2D eigenvalue weighted by molar-refractivity contribution is 0.0597. The van der Waals surface area contributed by atoms with Crippen LogP contribution in [0.4, 0.5) is 0 Å². The van der Waals surface area contributed by atoms with Gasteiger partial charge in [-0.15, -0.1) is 0 Å². The van der Waals surface area contributed by atoms with Gasteiger partial charge in [0.1, 0.15) is 0 Å². The highest BCUT2D eigenvalue weighted by Gasteiger charge is 2.11. The minimum Gasteiger partial charge on any atom is -0.465 e. The Hall–Kier alpha value is -1.86. The molecule has 0 atom stereocenters. The molecule has 1 N–H and O–H groups in total. The lowest BCUT2D eigenvalue weighted by atomic mass is 10.1. The molecule has 0 aliphatic heterocycles. The zero-order chi connectivity index (χ0) is 10.6. The van der Waals surface area contributed by atoms with Crippen LogP contribution in [-0.4, -0.2) is 18.2 Å². The Balaban J connectivity index is 3.23. The third-order valence-electron chi connectivity index (χ3n) is 1.81. The van der Waals surface area contributed by atoms with Crippen LogP contribution >= 0.6 is 0 Å². The van der Waals surface area contributed by atoms with Crippen LogP contribution < -0.4 is 0 Å². The highest BCUT2D eigenvalue weighted by molar-refractivity contribution is 5.91. The predicted molar refractivity (Wildman–Crippen MR) is 48.4 cm³/mol. The molecule has 0 aliphatic carbocycles. The number of aliphatic hydroxyl groups excluding tert-OH is 1. The van der Waals surface area contributed by atoms with Gasteiger partial charge in [0.2, 0.25) is 0 Å². The van der Waals surface area contributed by atoms with Gasteiger partial charge in [0.25, 0.3) is 0 Å². The molecule has 0 saturated heterocycles. The lowest BCUT2D eigenvalue weighted by Crippen LogP contribution is -2.06. The molecule has 4 heteroatoms. The Morgan fingerprint density at radius 2 is 2.36 bits per heavy atom. The Kier molecular flexibility index (Phi) is 3.21. The zero-order valence-electron chi connectivity index (χ0n) is 7.65. The number of ether oxygens (including phenoxy) is 1. The number of esters is 1. The molecule has 0 aliphatic rings. The van der Waals surface area contributed by atoms with Crippen molar-refractivity contribution >= 4 is 5.97 Å². The highest BCUT2D eigenvalue weighted by atomic mass is 16.5. The molecule has 0 fully saturated rings. The van der Waals surface area contributed by atoms with Crippen molar-refractivity contribution in [2.45, 2.75) is 6.61 Å². The number of aliphatic hydroxyl groups is 1. The van der Waals surface area contributed by atoms with Crippen LogP contribution in [-0.2, 0) is 11.3 Å². The fourth-order valence-electron chi connectivity index (χ4n) is 1.08. The number of carbonyl (C=O) groups is 1. The topological polar surface area (TPSA) is 70.3 Å². The molecule has 0 radical (unpaired) electrons. The molecular formula is C10H9NO3. The monoisotopic (exact) mass is 191 g/mol. The molecule has 0 spiro atoms. The molecule has 1 rings (SSSR count). The van der Waals surface area contributed by atoms with Crippen LogP contribution in [0.1, 0.15) is 21.5 Å². The summed E-state index contributed by atoms with van der Waals surface area (Å²) in [5.74, 6) is -0.550. The molecule has 72 valence electrons. The number of nitriles is 1. The maximum absolute atomic E-state index is 11.2. The smallest absolute Gasteiger partial charge is 0.338 e. The fourth-order valence-corrected chi connectivity index (χ4v) is 1.08. The SMILES string of the molecule is COC(=O)c1cc(C#N)ccc1CO. The molecule has 0 heterocycles. The van der Waals surface area contributed by atoms with Crippen molar-refractivity contribution in [1.82, 2.24) is 0 Å². The second-order valence-corrected chi connectivity index (χ2v) is 2.63. The van der Waals surface area contributed by atoms with E-state index >= 15 is 0 Å². The van der Waals surface area contributed by atoms with Crippen molar-refractivity contribution in [1.29, 1.82) is 5.26 Å². The van der Waals surface area contributed by atoms with Gasteiger partial charge in [-0.2, -0.15) is 5.26 Å². The molecule has 0 bridgehead atoms. The van der Waals surface area contributed by atoms with Crippen LogP contribution in [0, 0.1) is 11.3 Å². The number of carbonyl (C=O) groups excluding carboxylic acids is 1. The van der Waals surface area contributed by atoms with Crippen molar-refractivity contribution in [2.24, 2.45) is 0 Å². The number of rotatable bonds is 2. The van der Waals surface area contributed by atoms with E-state index in [4.69, 9.17) is 10.4 Å². The van der Waals surface area contributed by atoms with Gasteiger partial charge in [0.05, 0.1) is 30.9 Å². The van der Waals surface area contributed by atoms with E-state index in [1.807, 2.05) is 6.07 Å². The van der Waals surface area contributed by atoms with Gasteiger partial charge in [0.15, 0.2) is 0 Å². The quantitative estimate of drug-likeness (QED) is 0.703. The number of hydrogen-bond acceptors (Lipinski definition) is 4. The molecule has 4 nitrogen and oxygen atoms in total. The summed E-state index contributed by atoms with van der Waals surface area (Å²) in [5, 5.41) is 17.6. The highest BCUT2D eigenvalue weighted by Crippen LogP contribution is 2.12. The van der Waals surface area contributed by atoms with Crippen LogP contribution in [0.25, 0.3) is 0 Å². The van der Waals surface area contributed by atoms with Gasteiger partial charge in [-0.05, 0) is 17.7 Å². The summed E-state index contributed by atoms with van der Waals surface area (Å²) in [6.07, 6.45) is 0. The van der Waals surface area contributed by atoms with Crippen molar-refractivity contribution in [3.8, 4) is 6.07 Å². The second kappa shape index (κ2) is 4.40. The van der Waals surface area contributed by atoms with E-state index in [0.29, 0.717) is 11.1 Å². The first kappa shape index (κ1) is 10.2. The molecule has 14 heavy (non-hydrogen) atoms. The third kappa shape index (κ3) is 1.90. The zero-order valence-corrected chi connectivity index (χ0v) is 7.65. The molecule has 0 amide bonds. The molecule has 0 saturated carbocycles. The summed E-state index contributed by atoms with van der Waals surface area (Å²) in [6, 6.07) is 6.38. The summed E-state index contributed by atoms with van der Waals surface area (Å²) in [5.41, 5.74) is 1.05. The molecular weight excluding hydrogens is 182 g/mol. The van der Waals surface area contributed by atoms with E-state index < -0.39 is 5.97 Å². The lowest BCUT2D eigenvalue weighted by Gasteiger charge is -2.04. The maximum Gasteiger partial charge on any atom is 0.338 e. The van der Waals surface area contributed by atoms with E-state index in [9.17, 15) is 4.79 Å². The number of hydrogen-bond donors (Lipinski definition) is 1. The number of benzene rings is 1. The van der Waals surface area contributed by atoms with E-state index in [2.05, 4.69) is 4.74 Å². The standard InChI is InChI=1S/C10H9NO3/c1-14-10(13)9-4-7(5-11)2-3-8(9)6-12/h2-4,12H,6H2,1H3. The van der Waals surface area contributed by atoms with Crippen LogP contribution in [0.15, 0.2) is 18.2 Å². The minimum absolute atomic E-state index is 0.231. The van der Waals surface area contributed by atoms with Gasteiger partial charge in [-0.3, -0.25) is 0 Å². The van der Waals surface area contributed by atoms with Crippen molar-refractivity contribution < 1.29 is 14.6 Å². The van der Waals surface area contributed by atoms with Gasteiger partial charge in [-0.25, -0.2) is 4.79 Å². The van der Waals surface area contributed by atoms with Crippen molar-refractivity contribution in [3.05, 3.63) is 34.9 Å². The van der Waals surface area contributed by atoms with E-state index in [1.54, 1.807) is 0 Å². The molecule has 0 unspecified atom stereocenters. The summed E-state index contributed by atoms with van der Waals surface area (Å²) in [6.45, 7) is -0.254. The molecule has 1 aromatic rings. The maximum atomic E-state index is 11.2. The minimum atomic E-state index is -0.550. The Bertz CT molecular complexity index is 393. The number of nitrogens with zero attached hydrogens (tertiary/aromatic N) is 1. The van der Waals surface area contributed by atoms with Crippen molar-refractivity contribution in [3.63, 3.8) is 0 Å². The van der Waals surface area contributed by atoms with Gasteiger partial charge < -0.3 is 9.84 Å². The largest absolute Gasteiger partial charge is 0.465 e. The van der Waals surface area contributed by atoms with E-state index in [-0.39, 0.29) is 12.2 Å². The van der Waals surface area contributed by atoms with Crippen LogP contribution in [0.2, 0.25) is 0 Å². The molecule has 0 aromatic heterocycles. The van der Waals surface area contributed by atoms with Crippen LogP contribution in [0.5, 0.6) is 0 Å². The fraction of sp³-hybridized carbons (Fsp3) is 0.200. The predicted octanol–water partition coefficient (Wildman–Crippen LogP) is 0.837.